The van der Waals surface area contributed by atoms with E-state index < -0.39 is 58.5 Å². The van der Waals surface area contributed by atoms with Gasteiger partial charge in [0.15, 0.2) is 6.03 Å². The molecule has 0 heterocycles. The van der Waals surface area contributed by atoms with E-state index in [0.717, 1.165) is 6.03 Å². The van der Waals surface area contributed by atoms with Gasteiger partial charge in [-0.3, -0.25) is 0 Å². The Hall–Kier alpha value is 1.76. The summed E-state index contributed by atoms with van der Waals surface area (Å²) >= 11 is 0. The van der Waals surface area contributed by atoms with E-state index in [1.807, 2.05) is 0 Å². The first kappa shape index (κ1) is 31.8. The van der Waals surface area contributed by atoms with E-state index >= 15 is 0 Å². The van der Waals surface area contributed by atoms with Gasteiger partial charge < -0.3 is 4.81 Å². The molecule has 0 fully saturated rings. The van der Waals surface area contributed by atoms with Crippen molar-refractivity contribution in [2.75, 3.05) is 14.1 Å². The van der Waals surface area contributed by atoms with Crippen LogP contribution < -0.4 is 0 Å². The van der Waals surface area contributed by atoms with Gasteiger partial charge in [0.25, 0.3) is 0 Å². The zero-order chi connectivity index (χ0) is 25.2. The summed E-state index contributed by atoms with van der Waals surface area (Å²) in [5, 5.41) is 0. The van der Waals surface area contributed by atoms with Gasteiger partial charge >= 0.3 is 0 Å². The molecule has 0 unspecified atom stereocenters. The van der Waals surface area contributed by atoms with Gasteiger partial charge in [-0.1, -0.05) is 118 Å². The lowest BCUT2D eigenvalue weighted by atomic mass is 10.3. The average molecular weight is 550 g/mol. The maximum Gasteiger partial charge on any atom is 0.189 e. The molecule has 0 amide bonds. The van der Waals surface area contributed by atoms with Crippen LogP contribution in [-0.4, -0.2) is 83.5 Å². The molecule has 0 rings (SSSR count). The van der Waals surface area contributed by atoms with E-state index in [-0.39, 0.29) is 0 Å². The van der Waals surface area contributed by atoms with E-state index in [9.17, 15) is 0 Å². The van der Waals surface area contributed by atoms with Gasteiger partial charge in [0.05, 0.1) is 0 Å². The highest BCUT2D eigenvalue weighted by Gasteiger charge is 2.77. The fraction of sp³-hybridized carbons (Fsp3) is 1.00. The minimum Gasteiger partial charge on any atom is -0.353 e. The van der Waals surface area contributed by atoms with E-state index in [2.05, 4.69) is 137 Å². The highest BCUT2D eigenvalue weighted by molar-refractivity contribution is 8.21. The molecule has 0 aromatic heterocycles. The van der Waals surface area contributed by atoms with Crippen molar-refractivity contribution in [1.82, 2.24) is 4.81 Å². The summed E-state index contributed by atoms with van der Waals surface area (Å²) < 4.78 is 0. The number of hydrogen-bond donors (Lipinski definition) is 0. The Labute approximate surface area is 200 Å². The predicted octanol–water partition coefficient (Wildman–Crippen LogP) is 7.09. The minimum absolute atomic E-state index is 1.01. The first-order valence-corrected chi connectivity index (χ1v) is 43.4. The van der Waals surface area contributed by atoms with Crippen LogP contribution in [0, 0.1) is 0 Å². The largest absolute Gasteiger partial charge is 0.353 e. The van der Waals surface area contributed by atoms with Crippen LogP contribution in [-0.2, 0) is 0 Å². The van der Waals surface area contributed by atoms with Crippen molar-refractivity contribution in [3.05, 3.63) is 0 Å². The number of hydrogen-bond acceptors (Lipinski definition) is 1. The van der Waals surface area contributed by atoms with Crippen molar-refractivity contribution in [1.29, 1.82) is 0 Å². The van der Waals surface area contributed by atoms with Crippen molar-refractivity contribution >= 4 is 64.6 Å². The van der Waals surface area contributed by atoms with Gasteiger partial charge in [0, 0.05) is 58.5 Å². The molecule has 30 heavy (non-hydrogen) atoms. The molecule has 0 aromatic rings. The third-order valence-electron chi connectivity index (χ3n) is 8.43. The predicted molar refractivity (Wildman–Crippen MR) is 171 cm³/mol. The molecule has 0 atom stereocenters. The molecule has 0 spiro atoms. The quantitative estimate of drug-likeness (QED) is 0.277. The van der Waals surface area contributed by atoms with Crippen molar-refractivity contribution < 1.29 is 0 Å². The average Bonchev–Trinajstić information content (AvgIpc) is 2.26. The fourth-order valence-electron chi connectivity index (χ4n) is 10.3. The van der Waals surface area contributed by atoms with Crippen molar-refractivity contribution in [2.24, 2.45) is 0 Å². The van der Waals surface area contributed by atoms with E-state index in [1.165, 1.54) is 0 Å². The van der Waals surface area contributed by atoms with Crippen molar-refractivity contribution in [2.45, 2.75) is 118 Å². The third-order valence-corrected chi connectivity index (χ3v) is 162. The van der Waals surface area contributed by atoms with Gasteiger partial charge in [0.1, 0.15) is 0 Å². The second-order valence-corrected chi connectivity index (χ2v) is 98.6. The lowest BCUT2D eigenvalue weighted by Gasteiger charge is -2.71. The Morgan fingerprint density at radius 3 is 0.533 bits per heavy atom. The fourth-order valence-corrected chi connectivity index (χ4v) is 261. The lowest BCUT2D eigenvalue weighted by Crippen LogP contribution is -3.04. The molecule has 0 aliphatic carbocycles. The van der Waals surface area contributed by atoms with Crippen LogP contribution in [0.25, 0.3) is 0 Å². The summed E-state index contributed by atoms with van der Waals surface area (Å²) in [6, 6.07) is 1.01. The minimum atomic E-state index is -1.55. The van der Waals surface area contributed by atoms with Crippen LogP contribution in [0.1, 0.15) is 0 Å². The molecule has 0 radical (unpaired) electrons. The van der Waals surface area contributed by atoms with Crippen LogP contribution in [0.3, 0.4) is 0 Å². The molecule has 0 bridgehead atoms. The van der Waals surface area contributed by atoms with Crippen molar-refractivity contribution in [3.63, 3.8) is 0 Å². The van der Waals surface area contributed by atoms with Gasteiger partial charge in [-0.2, -0.15) is 0 Å². The van der Waals surface area contributed by atoms with Crippen LogP contribution in [0.2, 0.25) is 118 Å². The SMILES string of the molecule is CN(C)B([Si]([Si](C)(C)C)([Si](C)(C)C)[Si](C)(C)C)[Si]([Si](C)(C)C)([Si](C)(C)C)[Si](C)(C)C. The molecule has 0 N–H and O–H groups in total. The summed E-state index contributed by atoms with van der Waals surface area (Å²) in [5.74, 6) is 0. The molecule has 0 saturated heterocycles. The monoisotopic (exact) mass is 549 g/mol. The summed E-state index contributed by atoms with van der Waals surface area (Å²) in [7, 11) is -3.05. The summed E-state index contributed by atoms with van der Waals surface area (Å²) in [6.07, 6.45) is 0. The molecule has 0 aliphatic heterocycles. The zero-order valence-corrected chi connectivity index (χ0v) is 33.0. The molecule has 180 valence electrons. The van der Waals surface area contributed by atoms with E-state index in [4.69, 9.17) is 0 Å². The molecule has 0 aromatic carbocycles. The Kier molecular flexibility index (Phi) is 9.28. The topological polar surface area (TPSA) is 3.24 Å². The summed E-state index contributed by atoms with van der Waals surface area (Å²) in [6.45, 7) is 48.0. The standard InChI is InChI=1S/C20H60BNSi8/c1-22(2)21(29(23(3,4)5,24(6,7)8)25(9,10)11)30(26(12,13)14,27(15,16)17)28(18,19)20/h1-20H3. The summed E-state index contributed by atoms with van der Waals surface area (Å²) in [5.41, 5.74) is 0. The Bertz CT molecular complexity index is 473. The molecule has 1 nitrogen and oxygen atoms in total. The van der Waals surface area contributed by atoms with Crippen LogP contribution >= 0.6 is 0 Å². The number of nitrogens with zero attached hydrogens (tertiary/aromatic N) is 1. The van der Waals surface area contributed by atoms with Crippen molar-refractivity contribution in [3.8, 4) is 0 Å². The van der Waals surface area contributed by atoms with Crippen LogP contribution in [0.15, 0.2) is 0 Å². The maximum atomic E-state index is 2.95. The zero-order valence-electron chi connectivity index (χ0n) is 25.0. The Morgan fingerprint density at radius 2 is 0.467 bits per heavy atom. The Balaban J connectivity index is 8.29. The van der Waals surface area contributed by atoms with Gasteiger partial charge in [-0.15, -0.1) is 0 Å². The molecule has 10 heteroatoms. The highest BCUT2D eigenvalue weighted by atomic mass is 30.0. The maximum absolute atomic E-state index is 2.95. The molecular formula is C20H60BNSi8. The number of rotatable bonds is 9. The van der Waals surface area contributed by atoms with E-state index in [1.54, 1.807) is 0 Å². The highest BCUT2D eigenvalue weighted by Crippen LogP contribution is 2.48. The van der Waals surface area contributed by atoms with Crippen LogP contribution in [0.4, 0.5) is 0 Å². The first-order chi connectivity index (χ1) is 12.6. The molecular weight excluding hydrogens is 490 g/mol. The van der Waals surface area contributed by atoms with Gasteiger partial charge in [-0.05, 0) is 14.1 Å². The first-order valence-electron chi connectivity index (χ1n) is 12.2. The van der Waals surface area contributed by atoms with Crippen LogP contribution in [0.5, 0.6) is 0 Å². The normalized spacial score (nSPS) is 16.3. The van der Waals surface area contributed by atoms with E-state index in [0.29, 0.717) is 0 Å². The second kappa shape index (κ2) is 8.76. The van der Waals surface area contributed by atoms with Gasteiger partial charge in [0.2, 0.25) is 0 Å². The smallest absolute Gasteiger partial charge is 0.189 e. The molecule has 0 aliphatic rings. The third kappa shape index (κ3) is 4.78. The lowest BCUT2D eigenvalue weighted by molar-refractivity contribution is 0.665. The molecule has 0 saturated carbocycles. The summed E-state index contributed by atoms with van der Waals surface area (Å²) in [4.78, 5) is 2.95. The van der Waals surface area contributed by atoms with Gasteiger partial charge in [-0.25, -0.2) is 0 Å². The second-order valence-electron chi connectivity index (χ2n) is 16.5. The Morgan fingerprint density at radius 1 is 0.333 bits per heavy atom.